The van der Waals surface area contributed by atoms with E-state index < -0.39 is 51.9 Å². The Morgan fingerprint density at radius 1 is 0.806 bits per heavy atom. The van der Waals surface area contributed by atoms with Crippen LogP contribution in [-0.2, 0) is 10.2 Å². The Hall–Kier alpha value is -2.90. The maximum atomic E-state index is 14.4. The Morgan fingerprint density at radius 2 is 1.29 bits per heavy atom. The monoisotopic (exact) mass is 440 g/mol. The highest BCUT2D eigenvalue weighted by Crippen LogP contribution is 2.33. The maximum absolute atomic E-state index is 14.4. The molecule has 2 aromatic rings. The summed E-state index contributed by atoms with van der Waals surface area (Å²) < 4.78 is 67.0. The summed E-state index contributed by atoms with van der Waals surface area (Å²) in [5.74, 6) is -12.4. The molecule has 0 aromatic heterocycles. The van der Waals surface area contributed by atoms with Crippen molar-refractivity contribution in [3.05, 3.63) is 58.7 Å². The van der Waals surface area contributed by atoms with Crippen molar-refractivity contribution in [3.8, 4) is 11.5 Å². The van der Waals surface area contributed by atoms with Crippen LogP contribution in [0.1, 0.15) is 63.9 Å². The lowest BCUT2D eigenvalue weighted by atomic mass is 9.87. The van der Waals surface area contributed by atoms with Crippen LogP contribution in [0.3, 0.4) is 0 Å². The summed E-state index contributed by atoms with van der Waals surface area (Å²) in [6, 6.07) is 6.08. The van der Waals surface area contributed by atoms with Crippen molar-refractivity contribution in [3.63, 3.8) is 0 Å². The Morgan fingerprint density at radius 3 is 1.71 bits per heavy atom. The molecule has 0 amide bonds. The Balaban J connectivity index is 2.38. The first-order valence-corrected chi connectivity index (χ1v) is 9.61. The van der Waals surface area contributed by atoms with Crippen molar-refractivity contribution in [1.29, 1.82) is 0 Å². The molecular weight excluding hydrogens is 416 g/mol. The molecule has 4 nitrogen and oxygen atoms in total. The van der Waals surface area contributed by atoms with Crippen LogP contribution in [0.5, 0.6) is 11.5 Å². The van der Waals surface area contributed by atoms with E-state index in [9.17, 15) is 27.2 Å². The molecule has 0 spiro atoms. The summed E-state index contributed by atoms with van der Waals surface area (Å²) >= 11 is 0. The van der Waals surface area contributed by atoms with E-state index in [1.54, 1.807) is 19.1 Å². The van der Waals surface area contributed by atoms with E-state index in [1.165, 1.54) is 26.0 Å². The summed E-state index contributed by atoms with van der Waals surface area (Å²) in [6.07, 6.45) is 0.248. The number of hydrogen-bond donors (Lipinski definition) is 0. The van der Waals surface area contributed by atoms with Crippen molar-refractivity contribution in [2.45, 2.75) is 53.4 Å². The van der Waals surface area contributed by atoms with Gasteiger partial charge in [0.15, 0.2) is 11.6 Å². The van der Waals surface area contributed by atoms with Gasteiger partial charge in [0.05, 0.1) is 5.41 Å². The third-order valence-electron chi connectivity index (χ3n) is 4.99. The van der Waals surface area contributed by atoms with Gasteiger partial charge in [-0.1, -0.05) is 39.8 Å². The lowest BCUT2D eigenvalue weighted by Gasteiger charge is -2.21. The van der Waals surface area contributed by atoms with Gasteiger partial charge in [-0.2, -0.15) is 8.78 Å². The number of halogens is 4. The molecule has 0 bridgehead atoms. The second-order valence-corrected chi connectivity index (χ2v) is 8.75. The fourth-order valence-corrected chi connectivity index (χ4v) is 2.44. The van der Waals surface area contributed by atoms with E-state index in [0.717, 1.165) is 5.56 Å². The zero-order chi connectivity index (χ0) is 23.7. The van der Waals surface area contributed by atoms with E-state index in [2.05, 4.69) is 4.74 Å². The smallest absolute Gasteiger partial charge is 0.349 e. The molecule has 2 rings (SSSR count). The molecule has 0 heterocycles. The summed E-state index contributed by atoms with van der Waals surface area (Å²) in [5.41, 5.74) is -2.00. The highest BCUT2D eigenvalue weighted by molar-refractivity contribution is 5.92. The third-order valence-corrected chi connectivity index (χ3v) is 4.99. The molecule has 0 fully saturated rings. The number of rotatable bonds is 5. The van der Waals surface area contributed by atoms with Crippen molar-refractivity contribution < 1.29 is 36.6 Å². The highest BCUT2D eigenvalue weighted by atomic mass is 19.2. The van der Waals surface area contributed by atoms with Gasteiger partial charge in [-0.3, -0.25) is 4.79 Å². The first-order valence-electron chi connectivity index (χ1n) is 9.61. The number of carbonyl (C=O) groups excluding carboxylic acids is 2. The van der Waals surface area contributed by atoms with Gasteiger partial charge in [-0.15, -0.1) is 0 Å². The van der Waals surface area contributed by atoms with Gasteiger partial charge in [0.1, 0.15) is 11.3 Å². The SMILES string of the molecule is CCC(C)(C)C(=O)Oc1c(F)c(F)c(C(=O)Oc2ccc(C(C)(C)C)cc2)c(F)c1F. The fraction of sp³-hybridized carbons (Fsp3) is 0.391. The van der Waals surface area contributed by atoms with Crippen LogP contribution in [0, 0.1) is 28.7 Å². The lowest BCUT2D eigenvalue weighted by molar-refractivity contribution is -0.144. The fourth-order valence-electron chi connectivity index (χ4n) is 2.44. The average molecular weight is 440 g/mol. The number of ether oxygens (including phenoxy) is 2. The third kappa shape index (κ3) is 5.06. The first-order chi connectivity index (χ1) is 14.2. The van der Waals surface area contributed by atoms with Crippen LogP contribution in [-0.4, -0.2) is 11.9 Å². The van der Waals surface area contributed by atoms with Gasteiger partial charge in [-0.25, -0.2) is 13.6 Å². The van der Waals surface area contributed by atoms with Crippen LogP contribution in [0.25, 0.3) is 0 Å². The molecule has 168 valence electrons. The van der Waals surface area contributed by atoms with Crippen LogP contribution in [0.15, 0.2) is 24.3 Å². The minimum atomic E-state index is -2.02. The summed E-state index contributed by atoms with van der Waals surface area (Å²) in [5, 5.41) is 0. The van der Waals surface area contributed by atoms with E-state index in [0.29, 0.717) is 0 Å². The second kappa shape index (κ2) is 8.69. The number of hydrogen-bond acceptors (Lipinski definition) is 4. The number of esters is 2. The Kier molecular flexibility index (Phi) is 6.83. The zero-order valence-corrected chi connectivity index (χ0v) is 18.2. The predicted molar refractivity (Wildman–Crippen MR) is 106 cm³/mol. The summed E-state index contributed by atoms with van der Waals surface area (Å²) in [4.78, 5) is 24.3. The molecule has 0 atom stereocenters. The van der Waals surface area contributed by atoms with Crippen LogP contribution in [0.2, 0.25) is 0 Å². The molecular formula is C23H24F4O4. The van der Waals surface area contributed by atoms with Gasteiger partial charge < -0.3 is 9.47 Å². The molecule has 0 radical (unpaired) electrons. The quantitative estimate of drug-likeness (QED) is 0.244. The molecule has 0 N–H and O–H groups in total. The molecule has 2 aromatic carbocycles. The molecule has 31 heavy (non-hydrogen) atoms. The Labute approximate surface area is 178 Å². The summed E-state index contributed by atoms with van der Waals surface area (Å²) in [7, 11) is 0. The van der Waals surface area contributed by atoms with Crippen LogP contribution in [0.4, 0.5) is 17.6 Å². The van der Waals surface area contributed by atoms with Crippen LogP contribution < -0.4 is 9.47 Å². The Bertz CT molecular complexity index is 977. The van der Waals surface area contributed by atoms with Gasteiger partial charge in [0, 0.05) is 0 Å². The van der Waals surface area contributed by atoms with E-state index in [-0.39, 0.29) is 17.6 Å². The van der Waals surface area contributed by atoms with E-state index >= 15 is 0 Å². The minimum absolute atomic E-state index is 0.0715. The number of carbonyl (C=O) groups is 2. The largest absolute Gasteiger partial charge is 0.423 e. The van der Waals surface area contributed by atoms with Gasteiger partial charge in [0.2, 0.25) is 17.4 Å². The molecule has 0 aliphatic rings. The number of benzene rings is 2. The lowest BCUT2D eigenvalue weighted by Crippen LogP contribution is -2.29. The van der Waals surface area contributed by atoms with Crippen molar-refractivity contribution in [2.75, 3.05) is 0 Å². The standard InChI is InChI=1S/C23H24F4O4/c1-7-23(5,6)21(29)31-19-17(26)15(24)14(16(25)18(19)27)20(28)30-13-10-8-12(9-11-13)22(2,3)4/h8-11H,7H2,1-6H3. The molecule has 0 aliphatic heterocycles. The maximum Gasteiger partial charge on any atom is 0.349 e. The second-order valence-electron chi connectivity index (χ2n) is 8.75. The molecule has 0 saturated heterocycles. The highest BCUT2D eigenvalue weighted by Gasteiger charge is 2.35. The molecule has 8 heteroatoms. The first kappa shape index (κ1) is 24.4. The van der Waals surface area contributed by atoms with Crippen molar-refractivity contribution in [2.24, 2.45) is 5.41 Å². The topological polar surface area (TPSA) is 52.6 Å². The molecule has 0 unspecified atom stereocenters. The molecule has 0 saturated carbocycles. The zero-order valence-electron chi connectivity index (χ0n) is 18.2. The van der Waals surface area contributed by atoms with Crippen molar-refractivity contribution >= 4 is 11.9 Å². The molecule has 0 aliphatic carbocycles. The van der Waals surface area contributed by atoms with E-state index in [1.807, 2.05) is 20.8 Å². The van der Waals surface area contributed by atoms with Gasteiger partial charge in [0.25, 0.3) is 0 Å². The van der Waals surface area contributed by atoms with Crippen molar-refractivity contribution in [1.82, 2.24) is 0 Å². The average Bonchev–Trinajstić information content (AvgIpc) is 2.69. The van der Waals surface area contributed by atoms with Gasteiger partial charge in [-0.05, 0) is 43.4 Å². The minimum Gasteiger partial charge on any atom is -0.423 e. The van der Waals surface area contributed by atoms with Crippen LogP contribution >= 0.6 is 0 Å². The normalized spacial score (nSPS) is 11.9. The summed E-state index contributed by atoms with van der Waals surface area (Å²) in [6.45, 7) is 10.4. The van der Waals surface area contributed by atoms with E-state index in [4.69, 9.17) is 4.74 Å². The predicted octanol–water partition coefficient (Wildman–Crippen LogP) is 6.10. The van der Waals surface area contributed by atoms with Gasteiger partial charge >= 0.3 is 11.9 Å².